The number of fused-ring (bicyclic) bond motifs is 1. The fraction of sp³-hybridized carbons (Fsp3) is 0.292. The number of benzene rings is 2. The summed E-state index contributed by atoms with van der Waals surface area (Å²) >= 11 is 0. The third kappa shape index (κ3) is 4.25. The normalized spacial score (nSPS) is 19.1. The average Bonchev–Trinajstić information content (AvgIpc) is 3.35. The molecule has 0 aliphatic carbocycles. The van der Waals surface area contributed by atoms with Crippen LogP contribution in [0.1, 0.15) is 23.1 Å². The van der Waals surface area contributed by atoms with Gasteiger partial charge < -0.3 is 20.5 Å². The van der Waals surface area contributed by atoms with E-state index in [2.05, 4.69) is 76.0 Å². The van der Waals surface area contributed by atoms with Gasteiger partial charge in [0.05, 0.1) is 6.04 Å². The maximum Gasteiger partial charge on any atom is 0.407 e. The van der Waals surface area contributed by atoms with Gasteiger partial charge in [-0.3, -0.25) is 4.90 Å². The number of carbonyl (C=O) groups is 1. The zero-order chi connectivity index (χ0) is 19.6. The van der Waals surface area contributed by atoms with Crippen LogP contribution in [0.5, 0.6) is 0 Å². The Morgan fingerprint density at radius 1 is 1.10 bits per heavy atom. The van der Waals surface area contributed by atoms with Crippen molar-refractivity contribution < 1.29 is 15.0 Å². The minimum absolute atomic E-state index is 0. The zero-order valence-corrected chi connectivity index (χ0v) is 16.9. The maximum atomic E-state index is 11.3. The van der Waals surface area contributed by atoms with Crippen molar-refractivity contribution in [3.05, 3.63) is 77.5 Å². The lowest BCUT2D eigenvalue weighted by Crippen LogP contribution is -2.28. The highest BCUT2D eigenvalue weighted by atomic mass is 16.6. The first kappa shape index (κ1) is 20.2. The summed E-state index contributed by atoms with van der Waals surface area (Å²) in [6.45, 7) is 3.48. The second-order valence-electron chi connectivity index (χ2n) is 7.93. The number of rotatable bonds is 5. The van der Waals surface area contributed by atoms with Crippen LogP contribution >= 0.6 is 0 Å². The fourth-order valence-electron chi connectivity index (χ4n) is 4.32. The van der Waals surface area contributed by atoms with Gasteiger partial charge in [-0.05, 0) is 41.7 Å². The van der Waals surface area contributed by atoms with E-state index in [1.165, 1.54) is 27.6 Å². The summed E-state index contributed by atoms with van der Waals surface area (Å²) in [5.74, 6) is 0. The number of hydrogen-bond donors (Lipinski definition) is 2. The average molecular weight is 405 g/mol. The van der Waals surface area contributed by atoms with Crippen molar-refractivity contribution in [1.82, 2.24) is 15.2 Å². The highest BCUT2D eigenvalue weighted by molar-refractivity contribution is 5.93. The van der Waals surface area contributed by atoms with Gasteiger partial charge in [-0.15, -0.1) is 0 Å². The number of H-pyrrole nitrogens is 1. The summed E-state index contributed by atoms with van der Waals surface area (Å²) in [7, 11) is 0. The Kier molecular flexibility index (Phi) is 5.88. The maximum absolute atomic E-state index is 11.3. The molecular weight excluding hydrogens is 378 g/mol. The van der Waals surface area contributed by atoms with E-state index < -0.39 is 0 Å². The van der Waals surface area contributed by atoms with Crippen molar-refractivity contribution in [2.45, 2.75) is 25.4 Å². The predicted molar refractivity (Wildman–Crippen MR) is 118 cm³/mol. The van der Waals surface area contributed by atoms with Crippen LogP contribution < -0.4 is 5.32 Å². The Balaban J connectivity index is 0.00000218. The summed E-state index contributed by atoms with van der Waals surface area (Å²) in [4.78, 5) is 17.2. The van der Waals surface area contributed by atoms with Crippen molar-refractivity contribution in [1.29, 1.82) is 0 Å². The summed E-state index contributed by atoms with van der Waals surface area (Å²) in [6, 6.07) is 17.2. The monoisotopic (exact) mass is 405 g/mol. The minimum Gasteiger partial charge on any atom is -0.447 e. The smallest absolute Gasteiger partial charge is 0.407 e. The molecule has 1 saturated heterocycles. The van der Waals surface area contributed by atoms with Crippen LogP contribution in [-0.4, -0.2) is 47.2 Å². The lowest BCUT2D eigenvalue weighted by Gasteiger charge is -2.26. The van der Waals surface area contributed by atoms with Crippen LogP contribution in [0.4, 0.5) is 4.79 Å². The lowest BCUT2D eigenvalue weighted by atomic mass is 9.96. The molecule has 1 amide bonds. The predicted octanol–water partition coefficient (Wildman–Crippen LogP) is 3.28. The third-order valence-corrected chi connectivity index (χ3v) is 5.85. The summed E-state index contributed by atoms with van der Waals surface area (Å²) in [5, 5.41) is 4.12. The molecule has 30 heavy (non-hydrogen) atoms. The van der Waals surface area contributed by atoms with Crippen LogP contribution in [0.3, 0.4) is 0 Å². The molecule has 0 spiro atoms. The largest absolute Gasteiger partial charge is 0.447 e. The zero-order valence-electron chi connectivity index (χ0n) is 16.9. The number of aromatic nitrogens is 1. The molecule has 6 heteroatoms. The highest BCUT2D eigenvalue weighted by Gasteiger charge is 2.22. The number of nitrogens with zero attached hydrogens (tertiary/aromatic N) is 1. The van der Waals surface area contributed by atoms with Crippen LogP contribution in [0.2, 0.25) is 0 Å². The van der Waals surface area contributed by atoms with Crippen molar-refractivity contribution in [3.63, 3.8) is 0 Å². The second-order valence-corrected chi connectivity index (χ2v) is 7.93. The number of carbonyl (C=O) groups excluding carboxylic acids is 1. The molecule has 5 rings (SSSR count). The Hall–Kier alpha value is -3.09. The molecule has 3 heterocycles. The summed E-state index contributed by atoms with van der Waals surface area (Å²) in [6.07, 6.45) is 6.03. The van der Waals surface area contributed by atoms with Gasteiger partial charge in [-0.1, -0.05) is 42.5 Å². The number of hydrogen-bond acceptors (Lipinski definition) is 3. The molecule has 1 unspecified atom stereocenters. The molecule has 3 aromatic rings. The Morgan fingerprint density at radius 2 is 1.97 bits per heavy atom. The van der Waals surface area contributed by atoms with Crippen LogP contribution in [0, 0.1) is 0 Å². The van der Waals surface area contributed by atoms with E-state index in [0.717, 1.165) is 38.0 Å². The van der Waals surface area contributed by atoms with Gasteiger partial charge in [0.2, 0.25) is 0 Å². The van der Waals surface area contributed by atoms with Gasteiger partial charge in [0, 0.05) is 42.3 Å². The molecular formula is C24H27N3O3. The molecule has 1 fully saturated rings. The molecule has 2 aliphatic rings. The van der Waals surface area contributed by atoms with E-state index in [1.807, 2.05) is 0 Å². The molecule has 1 aromatic heterocycles. The van der Waals surface area contributed by atoms with Crippen molar-refractivity contribution >= 4 is 22.6 Å². The first-order chi connectivity index (χ1) is 14.2. The van der Waals surface area contributed by atoms with E-state index >= 15 is 0 Å². The molecule has 2 aliphatic heterocycles. The van der Waals surface area contributed by atoms with E-state index in [1.54, 1.807) is 0 Å². The number of cyclic esters (lactones) is 1. The quantitative estimate of drug-likeness (QED) is 0.683. The second kappa shape index (κ2) is 8.73. The Morgan fingerprint density at radius 3 is 2.70 bits per heavy atom. The van der Waals surface area contributed by atoms with E-state index in [4.69, 9.17) is 4.74 Å². The van der Waals surface area contributed by atoms with Crippen LogP contribution in [0.25, 0.3) is 16.5 Å². The lowest BCUT2D eigenvalue weighted by molar-refractivity contribution is 0.177. The van der Waals surface area contributed by atoms with Gasteiger partial charge in [0.1, 0.15) is 6.61 Å². The number of alkyl carbamates (subject to hydrolysis) is 1. The summed E-state index contributed by atoms with van der Waals surface area (Å²) in [5.41, 5.74) is 6.45. The van der Waals surface area contributed by atoms with Gasteiger partial charge in [0.25, 0.3) is 0 Å². The molecule has 0 saturated carbocycles. The SMILES string of the molecule is O.O=C1NC(Cc2ccc3[nH]cc(C4=CCN(Cc5ccccc5)CC4)c3c2)CO1. The van der Waals surface area contributed by atoms with E-state index in [9.17, 15) is 4.79 Å². The third-order valence-electron chi connectivity index (χ3n) is 5.85. The molecule has 156 valence electrons. The number of ether oxygens (including phenoxy) is 1. The molecule has 0 bridgehead atoms. The highest BCUT2D eigenvalue weighted by Crippen LogP contribution is 2.30. The fourth-order valence-corrected chi connectivity index (χ4v) is 4.32. The van der Waals surface area contributed by atoms with E-state index in [0.29, 0.717) is 6.61 Å². The first-order valence-electron chi connectivity index (χ1n) is 10.2. The van der Waals surface area contributed by atoms with Crippen molar-refractivity contribution in [3.8, 4) is 0 Å². The minimum atomic E-state index is -0.314. The summed E-state index contributed by atoms with van der Waals surface area (Å²) < 4.78 is 5.01. The van der Waals surface area contributed by atoms with Gasteiger partial charge >= 0.3 is 6.09 Å². The molecule has 0 radical (unpaired) electrons. The van der Waals surface area contributed by atoms with E-state index in [-0.39, 0.29) is 17.6 Å². The Bertz CT molecular complexity index is 1060. The number of aromatic amines is 1. The van der Waals surface area contributed by atoms with Gasteiger partial charge in [0.15, 0.2) is 0 Å². The topological polar surface area (TPSA) is 88.9 Å². The van der Waals surface area contributed by atoms with Crippen molar-refractivity contribution in [2.75, 3.05) is 19.7 Å². The molecule has 2 aromatic carbocycles. The number of nitrogens with one attached hydrogen (secondary N) is 2. The molecule has 4 N–H and O–H groups in total. The van der Waals surface area contributed by atoms with Crippen LogP contribution in [-0.2, 0) is 17.7 Å². The standard InChI is InChI=1S/C24H25N3O2.H2O/c28-24-26-20(16-29-24)12-18-6-7-23-21(13-18)22(14-25-23)19-8-10-27(11-9-19)15-17-4-2-1-3-5-17;/h1-8,13-14,20,25H,9-12,15-16H2,(H,26,28);1H2. The van der Waals surface area contributed by atoms with Gasteiger partial charge in [-0.2, -0.15) is 0 Å². The Labute approximate surface area is 175 Å². The molecule has 1 atom stereocenters. The van der Waals surface area contributed by atoms with Crippen LogP contribution in [0.15, 0.2) is 60.8 Å². The molecule has 6 nitrogen and oxygen atoms in total. The van der Waals surface area contributed by atoms with Gasteiger partial charge in [-0.25, -0.2) is 4.79 Å². The van der Waals surface area contributed by atoms with Crippen molar-refractivity contribution in [2.24, 2.45) is 0 Å². The number of amides is 1. The first-order valence-corrected chi connectivity index (χ1v) is 10.2.